The van der Waals surface area contributed by atoms with Crippen LogP contribution < -0.4 is 14.8 Å². The number of fused-ring (bicyclic) bond motifs is 1. The number of carbonyl (C=O) groups excluding carboxylic acids is 1. The van der Waals surface area contributed by atoms with E-state index in [1.165, 1.54) is 24.0 Å². The lowest BCUT2D eigenvalue weighted by atomic mass is 9.91. The first-order chi connectivity index (χ1) is 13.0. The lowest BCUT2D eigenvalue weighted by molar-refractivity contribution is -0.127. The summed E-state index contributed by atoms with van der Waals surface area (Å²) in [5.74, 6) is 1.55. The van der Waals surface area contributed by atoms with Crippen LogP contribution in [-0.2, 0) is 24.2 Å². The Hall–Kier alpha value is -2.49. The minimum Gasteiger partial charge on any atom is -0.491 e. The molecule has 1 N–H and O–H groups in total. The standard InChI is InChI=1S/C23H29NO3/c1-16(2)26-20-11-6-8-18(14-20)15-24-23(25)17(3)27-22-13-7-10-19-9-4-5-12-21(19)22/h6-8,10-11,13-14,16-17H,4-5,9,12,15H2,1-3H3,(H,24,25). The van der Waals surface area contributed by atoms with Gasteiger partial charge in [0.2, 0.25) is 0 Å². The molecule has 4 heteroatoms. The summed E-state index contributed by atoms with van der Waals surface area (Å²) >= 11 is 0. The van der Waals surface area contributed by atoms with Crippen molar-refractivity contribution in [1.82, 2.24) is 5.32 Å². The largest absolute Gasteiger partial charge is 0.491 e. The Balaban J connectivity index is 1.57. The first kappa shape index (κ1) is 19.3. The summed E-state index contributed by atoms with van der Waals surface area (Å²) in [6, 6.07) is 14.0. The number of amides is 1. The number of hydrogen-bond donors (Lipinski definition) is 1. The number of hydrogen-bond acceptors (Lipinski definition) is 3. The number of aryl methyl sites for hydroxylation is 1. The average molecular weight is 367 g/mol. The number of ether oxygens (including phenoxy) is 2. The molecule has 0 heterocycles. The fraction of sp³-hybridized carbons (Fsp3) is 0.435. The Kier molecular flexibility index (Phi) is 6.38. The van der Waals surface area contributed by atoms with Crippen molar-refractivity contribution in [1.29, 1.82) is 0 Å². The van der Waals surface area contributed by atoms with E-state index in [4.69, 9.17) is 9.47 Å². The van der Waals surface area contributed by atoms with Crippen LogP contribution in [0.2, 0.25) is 0 Å². The maximum atomic E-state index is 12.5. The summed E-state index contributed by atoms with van der Waals surface area (Å²) in [6.45, 7) is 6.25. The van der Waals surface area contributed by atoms with Crippen molar-refractivity contribution >= 4 is 5.91 Å². The zero-order valence-corrected chi connectivity index (χ0v) is 16.5. The number of carbonyl (C=O) groups is 1. The van der Waals surface area contributed by atoms with Crippen LogP contribution in [0.1, 0.15) is 50.3 Å². The Bertz CT molecular complexity index is 785. The summed E-state index contributed by atoms with van der Waals surface area (Å²) in [5, 5.41) is 2.96. The highest BCUT2D eigenvalue weighted by Crippen LogP contribution is 2.30. The molecular formula is C23H29NO3. The van der Waals surface area contributed by atoms with E-state index in [1.54, 1.807) is 6.92 Å². The van der Waals surface area contributed by atoms with Gasteiger partial charge in [-0.2, -0.15) is 0 Å². The van der Waals surface area contributed by atoms with Crippen LogP contribution in [0.25, 0.3) is 0 Å². The average Bonchev–Trinajstić information content (AvgIpc) is 2.66. The van der Waals surface area contributed by atoms with E-state index in [2.05, 4.69) is 11.4 Å². The molecule has 0 aromatic heterocycles. The quantitative estimate of drug-likeness (QED) is 0.787. The molecule has 3 rings (SSSR count). The van der Waals surface area contributed by atoms with Crippen LogP contribution in [0, 0.1) is 0 Å². The molecule has 144 valence electrons. The van der Waals surface area contributed by atoms with Gasteiger partial charge in [-0.05, 0) is 81.3 Å². The predicted molar refractivity (Wildman–Crippen MR) is 107 cm³/mol. The molecule has 4 nitrogen and oxygen atoms in total. The SMILES string of the molecule is CC(C)Oc1cccc(CNC(=O)C(C)Oc2cccc3c2CCCC3)c1. The number of benzene rings is 2. The lowest BCUT2D eigenvalue weighted by Gasteiger charge is -2.22. The molecular weight excluding hydrogens is 338 g/mol. The van der Waals surface area contributed by atoms with E-state index >= 15 is 0 Å². The predicted octanol–water partition coefficient (Wildman–Crippen LogP) is 4.44. The highest BCUT2D eigenvalue weighted by molar-refractivity contribution is 5.80. The third-order valence-corrected chi connectivity index (χ3v) is 4.76. The molecule has 1 amide bonds. The van der Waals surface area contributed by atoms with Crippen LogP contribution in [0.3, 0.4) is 0 Å². The zero-order chi connectivity index (χ0) is 19.2. The van der Waals surface area contributed by atoms with Gasteiger partial charge >= 0.3 is 0 Å². The lowest BCUT2D eigenvalue weighted by Crippen LogP contribution is -2.36. The Morgan fingerprint density at radius 1 is 1.04 bits per heavy atom. The fourth-order valence-corrected chi connectivity index (χ4v) is 3.43. The summed E-state index contributed by atoms with van der Waals surface area (Å²) in [4.78, 5) is 12.5. The molecule has 0 aliphatic heterocycles. The molecule has 2 aromatic carbocycles. The van der Waals surface area contributed by atoms with Gasteiger partial charge in [-0.25, -0.2) is 0 Å². The van der Waals surface area contributed by atoms with E-state index in [9.17, 15) is 4.79 Å². The first-order valence-electron chi connectivity index (χ1n) is 9.83. The van der Waals surface area contributed by atoms with Gasteiger partial charge in [-0.3, -0.25) is 4.79 Å². The van der Waals surface area contributed by atoms with Crippen molar-refractivity contribution in [3.63, 3.8) is 0 Å². The molecule has 0 saturated carbocycles. The summed E-state index contributed by atoms with van der Waals surface area (Å²) in [7, 11) is 0. The molecule has 2 aromatic rings. The minimum absolute atomic E-state index is 0.112. The third kappa shape index (κ3) is 5.25. The van der Waals surface area contributed by atoms with E-state index in [0.29, 0.717) is 6.54 Å². The second-order valence-corrected chi connectivity index (χ2v) is 7.39. The van der Waals surface area contributed by atoms with Crippen molar-refractivity contribution in [2.24, 2.45) is 0 Å². The molecule has 1 unspecified atom stereocenters. The smallest absolute Gasteiger partial charge is 0.261 e. The second-order valence-electron chi connectivity index (χ2n) is 7.39. The monoisotopic (exact) mass is 367 g/mol. The van der Waals surface area contributed by atoms with Crippen LogP contribution in [0.5, 0.6) is 11.5 Å². The van der Waals surface area contributed by atoms with Crippen LogP contribution >= 0.6 is 0 Å². The van der Waals surface area contributed by atoms with Crippen LogP contribution in [0.4, 0.5) is 0 Å². The van der Waals surface area contributed by atoms with Gasteiger partial charge in [0.25, 0.3) is 5.91 Å². The maximum absolute atomic E-state index is 12.5. The maximum Gasteiger partial charge on any atom is 0.261 e. The number of nitrogens with one attached hydrogen (secondary N) is 1. The normalized spacial score (nSPS) is 14.4. The van der Waals surface area contributed by atoms with E-state index in [0.717, 1.165) is 29.9 Å². The molecule has 1 aliphatic carbocycles. The Morgan fingerprint density at radius 2 is 1.81 bits per heavy atom. The molecule has 27 heavy (non-hydrogen) atoms. The van der Waals surface area contributed by atoms with Crippen LogP contribution in [0.15, 0.2) is 42.5 Å². The highest BCUT2D eigenvalue weighted by atomic mass is 16.5. The topological polar surface area (TPSA) is 47.6 Å². The number of rotatable bonds is 7. The van der Waals surface area contributed by atoms with Gasteiger partial charge in [0.05, 0.1) is 6.10 Å². The van der Waals surface area contributed by atoms with E-state index < -0.39 is 6.10 Å². The molecule has 1 atom stereocenters. The molecule has 0 bridgehead atoms. The Morgan fingerprint density at radius 3 is 2.63 bits per heavy atom. The summed E-state index contributed by atoms with van der Waals surface area (Å²) in [6.07, 6.45) is 4.13. The first-order valence-corrected chi connectivity index (χ1v) is 9.83. The minimum atomic E-state index is -0.534. The molecule has 0 fully saturated rings. The van der Waals surface area contributed by atoms with Crippen molar-refractivity contribution < 1.29 is 14.3 Å². The van der Waals surface area contributed by atoms with Gasteiger partial charge in [0.1, 0.15) is 11.5 Å². The summed E-state index contributed by atoms with van der Waals surface area (Å²) < 4.78 is 11.7. The highest BCUT2D eigenvalue weighted by Gasteiger charge is 2.19. The molecule has 1 aliphatic rings. The third-order valence-electron chi connectivity index (χ3n) is 4.76. The van der Waals surface area contributed by atoms with Gasteiger partial charge in [0, 0.05) is 6.54 Å². The fourth-order valence-electron chi connectivity index (χ4n) is 3.43. The van der Waals surface area contributed by atoms with Crippen molar-refractivity contribution in [2.75, 3.05) is 0 Å². The summed E-state index contributed by atoms with van der Waals surface area (Å²) in [5.41, 5.74) is 3.63. The molecule has 0 saturated heterocycles. The second kappa shape index (κ2) is 8.94. The van der Waals surface area contributed by atoms with Crippen molar-refractivity contribution in [2.45, 2.75) is 65.2 Å². The zero-order valence-electron chi connectivity index (χ0n) is 16.5. The molecule has 0 spiro atoms. The van der Waals surface area contributed by atoms with Crippen LogP contribution in [-0.4, -0.2) is 18.1 Å². The molecule has 0 radical (unpaired) electrons. The van der Waals surface area contributed by atoms with Crippen molar-refractivity contribution in [3.8, 4) is 11.5 Å². The van der Waals surface area contributed by atoms with E-state index in [1.807, 2.05) is 50.2 Å². The van der Waals surface area contributed by atoms with E-state index in [-0.39, 0.29) is 12.0 Å². The van der Waals surface area contributed by atoms with Gasteiger partial charge < -0.3 is 14.8 Å². The van der Waals surface area contributed by atoms with Gasteiger partial charge in [0.15, 0.2) is 6.10 Å². The van der Waals surface area contributed by atoms with Gasteiger partial charge in [-0.15, -0.1) is 0 Å². The van der Waals surface area contributed by atoms with Crippen molar-refractivity contribution in [3.05, 3.63) is 59.2 Å². The van der Waals surface area contributed by atoms with Gasteiger partial charge in [-0.1, -0.05) is 24.3 Å². The Labute approximate surface area is 161 Å².